The minimum absolute atomic E-state index is 0.0488. The van der Waals surface area contributed by atoms with Gasteiger partial charge in [-0.05, 0) is 60.7 Å². The van der Waals surface area contributed by atoms with Crippen molar-refractivity contribution in [1.82, 2.24) is 0 Å². The van der Waals surface area contributed by atoms with E-state index in [1.807, 2.05) is 68.4 Å². The predicted octanol–water partition coefficient (Wildman–Crippen LogP) is 5.20. The molecular formula is C22H22N2O2S. The number of anilines is 3. The standard InChI is InChI=1S/C22H22N2O2S/c1-16(2)27(26)21-14-8-17(9-15-21)22(25)24-20-12-10-19(11-13-20)23-18-6-4-3-5-7-18/h3-16,23H,1-2H3,(H,24,25). The fourth-order valence-electron chi connectivity index (χ4n) is 2.54. The van der Waals surface area contributed by atoms with Gasteiger partial charge in [0.2, 0.25) is 0 Å². The molecule has 2 N–H and O–H groups in total. The number of para-hydroxylation sites is 1. The quantitative estimate of drug-likeness (QED) is 0.620. The van der Waals surface area contributed by atoms with Crippen molar-refractivity contribution in [3.63, 3.8) is 0 Å². The second kappa shape index (κ2) is 8.64. The molecule has 3 aromatic rings. The molecule has 0 aliphatic heterocycles. The summed E-state index contributed by atoms with van der Waals surface area (Å²) in [6.45, 7) is 3.82. The maximum absolute atomic E-state index is 12.4. The summed E-state index contributed by atoms with van der Waals surface area (Å²) in [6.07, 6.45) is 0. The minimum atomic E-state index is -1.05. The number of amides is 1. The first-order valence-corrected chi connectivity index (χ1v) is 9.98. The van der Waals surface area contributed by atoms with Crippen molar-refractivity contribution in [1.29, 1.82) is 0 Å². The van der Waals surface area contributed by atoms with Gasteiger partial charge in [0.1, 0.15) is 0 Å². The summed E-state index contributed by atoms with van der Waals surface area (Å²) in [5.74, 6) is -0.194. The van der Waals surface area contributed by atoms with Crippen LogP contribution < -0.4 is 10.6 Å². The molecule has 5 heteroatoms. The second-order valence-electron chi connectivity index (χ2n) is 6.39. The van der Waals surface area contributed by atoms with Crippen molar-refractivity contribution >= 4 is 33.8 Å². The van der Waals surface area contributed by atoms with Crippen LogP contribution in [0.2, 0.25) is 0 Å². The van der Waals surface area contributed by atoms with Crippen LogP contribution in [0.5, 0.6) is 0 Å². The highest BCUT2D eigenvalue weighted by molar-refractivity contribution is 7.85. The van der Waals surface area contributed by atoms with Gasteiger partial charge in [0.25, 0.3) is 5.91 Å². The lowest BCUT2D eigenvalue weighted by atomic mass is 10.2. The average Bonchev–Trinajstić information content (AvgIpc) is 2.69. The van der Waals surface area contributed by atoms with Crippen molar-refractivity contribution in [2.45, 2.75) is 24.0 Å². The Labute approximate surface area is 162 Å². The van der Waals surface area contributed by atoms with E-state index in [2.05, 4.69) is 10.6 Å². The lowest BCUT2D eigenvalue weighted by Gasteiger charge is -2.09. The molecule has 0 fully saturated rings. The van der Waals surface area contributed by atoms with Crippen LogP contribution in [0.25, 0.3) is 0 Å². The molecule has 0 aliphatic carbocycles. The van der Waals surface area contributed by atoms with Crippen LogP contribution in [-0.2, 0) is 10.8 Å². The SMILES string of the molecule is CC(C)S(=O)c1ccc(C(=O)Nc2ccc(Nc3ccccc3)cc2)cc1. The molecule has 138 valence electrons. The number of rotatable bonds is 6. The lowest BCUT2D eigenvalue weighted by Crippen LogP contribution is -2.12. The zero-order chi connectivity index (χ0) is 19.2. The zero-order valence-electron chi connectivity index (χ0n) is 15.3. The number of hydrogen-bond donors (Lipinski definition) is 2. The fourth-order valence-corrected chi connectivity index (χ4v) is 3.49. The van der Waals surface area contributed by atoms with Gasteiger partial charge in [-0.3, -0.25) is 9.00 Å². The Balaban J connectivity index is 1.63. The summed E-state index contributed by atoms with van der Waals surface area (Å²) in [7, 11) is -1.05. The third-order valence-electron chi connectivity index (χ3n) is 3.98. The number of hydrogen-bond acceptors (Lipinski definition) is 3. The number of carbonyl (C=O) groups excluding carboxylic acids is 1. The maximum Gasteiger partial charge on any atom is 0.255 e. The Morgan fingerprint density at radius 1 is 0.778 bits per heavy atom. The molecule has 1 unspecified atom stereocenters. The third-order valence-corrected chi connectivity index (χ3v) is 5.58. The maximum atomic E-state index is 12.4. The van der Waals surface area contributed by atoms with E-state index in [0.717, 1.165) is 16.3 Å². The Morgan fingerprint density at radius 2 is 1.33 bits per heavy atom. The first-order chi connectivity index (χ1) is 13.0. The van der Waals surface area contributed by atoms with Crippen molar-refractivity contribution < 1.29 is 9.00 Å². The molecule has 0 spiro atoms. The van der Waals surface area contributed by atoms with E-state index >= 15 is 0 Å². The van der Waals surface area contributed by atoms with E-state index in [1.165, 1.54) is 0 Å². The minimum Gasteiger partial charge on any atom is -0.356 e. The van der Waals surface area contributed by atoms with E-state index in [9.17, 15) is 9.00 Å². The normalized spacial score (nSPS) is 11.8. The highest BCUT2D eigenvalue weighted by Gasteiger charge is 2.10. The molecule has 27 heavy (non-hydrogen) atoms. The Morgan fingerprint density at radius 3 is 1.93 bits per heavy atom. The highest BCUT2D eigenvalue weighted by atomic mass is 32.2. The molecule has 0 saturated carbocycles. The summed E-state index contributed by atoms with van der Waals surface area (Å²) in [6, 6.07) is 24.3. The van der Waals surface area contributed by atoms with Crippen LogP contribution >= 0.6 is 0 Å². The largest absolute Gasteiger partial charge is 0.356 e. The first-order valence-electron chi connectivity index (χ1n) is 8.77. The summed E-state index contributed by atoms with van der Waals surface area (Å²) < 4.78 is 12.1. The zero-order valence-corrected chi connectivity index (χ0v) is 16.1. The van der Waals surface area contributed by atoms with Gasteiger partial charge in [0.05, 0.1) is 10.8 Å². The van der Waals surface area contributed by atoms with E-state index < -0.39 is 10.8 Å². The third kappa shape index (κ3) is 5.05. The summed E-state index contributed by atoms with van der Waals surface area (Å²) in [5, 5.41) is 6.23. The molecule has 0 aromatic heterocycles. The van der Waals surface area contributed by atoms with Crippen LogP contribution in [-0.4, -0.2) is 15.4 Å². The predicted molar refractivity (Wildman–Crippen MR) is 112 cm³/mol. The van der Waals surface area contributed by atoms with Crippen LogP contribution in [0.4, 0.5) is 17.1 Å². The van der Waals surface area contributed by atoms with Gasteiger partial charge in [0.15, 0.2) is 0 Å². The van der Waals surface area contributed by atoms with Crippen molar-refractivity contribution in [3.05, 3.63) is 84.4 Å². The molecule has 0 saturated heterocycles. The molecule has 3 rings (SSSR count). The average molecular weight is 378 g/mol. The van der Waals surface area contributed by atoms with E-state index in [-0.39, 0.29) is 11.2 Å². The molecule has 1 atom stereocenters. The molecule has 3 aromatic carbocycles. The summed E-state index contributed by atoms with van der Waals surface area (Å²) in [5.41, 5.74) is 3.20. The van der Waals surface area contributed by atoms with E-state index in [4.69, 9.17) is 0 Å². The number of carbonyl (C=O) groups is 1. The van der Waals surface area contributed by atoms with Crippen molar-refractivity contribution in [2.24, 2.45) is 0 Å². The van der Waals surface area contributed by atoms with Gasteiger partial charge >= 0.3 is 0 Å². The molecule has 0 bridgehead atoms. The molecule has 0 heterocycles. The summed E-state index contributed by atoms with van der Waals surface area (Å²) in [4.78, 5) is 13.1. The van der Waals surface area contributed by atoms with Crippen LogP contribution in [0.3, 0.4) is 0 Å². The summed E-state index contributed by atoms with van der Waals surface area (Å²) >= 11 is 0. The molecule has 0 radical (unpaired) electrons. The van der Waals surface area contributed by atoms with Crippen LogP contribution in [0, 0.1) is 0 Å². The van der Waals surface area contributed by atoms with Crippen LogP contribution in [0.15, 0.2) is 83.8 Å². The monoisotopic (exact) mass is 378 g/mol. The van der Waals surface area contributed by atoms with Gasteiger partial charge in [-0.1, -0.05) is 32.0 Å². The molecular weight excluding hydrogens is 356 g/mol. The Kier molecular flexibility index (Phi) is 6.04. The van der Waals surface area contributed by atoms with E-state index in [0.29, 0.717) is 11.3 Å². The van der Waals surface area contributed by atoms with Gasteiger partial charge < -0.3 is 10.6 Å². The Hall–Kier alpha value is -2.92. The Bertz CT molecular complexity index is 921. The van der Waals surface area contributed by atoms with Crippen LogP contribution in [0.1, 0.15) is 24.2 Å². The lowest BCUT2D eigenvalue weighted by molar-refractivity contribution is 0.102. The van der Waals surface area contributed by atoms with Gasteiger partial charge in [0, 0.05) is 32.8 Å². The van der Waals surface area contributed by atoms with E-state index in [1.54, 1.807) is 24.3 Å². The first kappa shape index (κ1) is 18.9. The van der Waals surface area contributed by atoms with Gasteiger partial charge in [-0.15, -0.1) is 0 Å². The topological polar surface area (TPSA) is 58.2 Å². The second-order valence-corrected chi connectivity index (χ2v) is 8.40. The number of benzene rings is 3. The highest BCUT2D eigenvalue weighted by Crippen LogP contribution is 2.19. The molecule has 4 nitrogen and oxygen atoms in total. The fraction of sp³-hybridized carbons (Fsp3) is 0.136. The van der Waals surface area contributed by atoms with Gasteiger partial charge in [-0.25, -0.2) is 0 Å². The van der Waals surface area contributed by atoms with Gasteiger partial charge in [-0.2, -0.15) is 0 Å². The number of nitrogens with one attached hydrogen (secondary N) is 2. The smallest absolute Gasteiger partial charge is 0.255 e. The molecule has 0 aliphatic rings. The molecule has 1 amide bonds. The van der Waals surface area contributed by atoms with Crippen molar-refractivity contribution in [3.8, 4) is 0 Å². The van der Waals surface area contributed by atoms with Crippen molar-refractivity contribution in [2.75, 3.05) is 10.6 Å².